The summed E-state index contributed by atoms with van der Waals surface area (Å²) >= 11 is 18.3. The van der Waals surface area contributed by atoms with Crippen LogP contribution in [0.3, 0.4) is 0 Å². The van der Waals surface area contributed by atoms with Gasteiger partial charge in [-0.05, 0) is 55.2 Å². The van der Waals surface area contributed by atoms with Crippen LogP contribution in [0.15, 0.2) is 42.5 Å². The van der Waals surface area contributed by atoms with Crippen molar-refractivity contribution in [2.45, 2.75) is 58.5 Å². The lowest BCUT2D eigenvalue weighted by Crippen LogP contribution is -2.49. The lowest BCUT2D eigenvalue weighted by Gasteiger charge is -2.31. The highest BCUT2D eigenvalue weighted by molar-refractivity contribution is 7.92. The molecule has 37 heavy (non-hydrogen) atoms. The minimum Gasteiger partial charge on any atom is -0.354 e. The Bertz CT molecular complexity index is 1180. The zero-order chi connectivity index (χ0) is 27.6. The van der Waals surface area contributed by atoms with E-state index in [0.29, 0.717) is 33.7 Å². The van der Waals surface area contributed by atoms with Crippen LogP contribution in [0.25, 0.3) is 0 Å². The molecule has 2 aromatic rings. The van der Waals surface area contributed by atoms with Crippen molar-refractivity contribution >= 4 is 62.3 Å². The van der Waals surface area contributed by atoms with Gasteiger partial charge >= 0.3 is 0 Å². The van der Waals surface area contributed by atoms with E-state index in [2.05, 4.69) is 5.32 Å². The fourth-order valence-corrected chi connectivity index (χ4v) is 5.36. The van der Waals surface area contributed by atoms with Gasteiger partial charge in [-0.1, -0.05) is 67.2 Å². The third-order valence-corrected chi connectivity index (χ3v) is 7.97. The molecule has 204 valence electrons. The number of anilines is 1. The Morgan fingerprint density at radius 1 is 1.00 bits per heavy atom. The van der Waals surface area contributed by atoms with E-state index in [1.54, 1.807) is 42.5 Å². The second-order valence-electron chi connectivity index (χ2n) is 8.76. The zero-order valence-electron chi connectivity index (χ0n) is 21.3. The maximum Gasteiger partial charge on any atom is 0.242 e. The van der Waals surface area contributed by atoms with Crippen molar-refractivity contribution in [1.29, 1.82) is 0 Å². The van der Waals surface area contributed by atoms with Crippen molar-refractivity contribution in [2.75, 3.05) is 23.7 Å². The number of carbonyl (C=O) groups is 2. The number of hydrogen-bond donors (Lipinski definition) is 1. The zero-order valence-corrected chi connectivity index (χ0v) is 24.4. The molecule has 0 radical (unpaired) electrons. The number of halogens is 3. The van der Waals surface area contributed by atoms with E-state index >= 15 is 0 Å². The van der Waals surface area contributed by atoms with Gasteiger partial charge in [0.1, 0.15) is 6.04 Å². The van der Waals surface area contributed by atoms with Crippen LogP contribution in [0.1, 0.15) is 51.5 Å². The normalized spacial score (nSPS) is 12.2. The van der Waals surface area contributed by atoms with E-state index in [0.717, 1.165) is 24.7 Å². The van der Waals surface area contributed by atoms with Gasteiger partial charge in [0.05, 0.1) is 22.0 Å². The standard InChI is InChI=1S/C26H34Cl3N3O4S/c1-4-6-14-30-26(34)24(5-2)31(18-19-12-13-22(28)23(29)16-19)25(33)11-8-15-32(37(3,35)36)21-10-7-9-20(27)17-21/h7,9-10,12-13,16-17,24H,4-6,8,11,14-15,18H2,1-3H3,(H,30,34)/t24-/m1/s1. The van der Waals surface area contributed by atoms with Gasteiger partial charge in [-0.3, -0.25) is 13.9 Å². The molecule has 0 aliphatic rings. The number of amides is 2. The van der Waals surface area contributed by atoms with Gasteiger partial charge in [0, 0.05) is 31.1 Å². The van der Waals surface area contributed by atoms with Crippen LogP contribution in [0, 0.1) is 0 Å². The summed E-state index contributed by atoms with van der Waals surface area (Å²) in [6.07, 6.45) is 3.61. The van der Waals surface area contributed by atoms with E-state index in [-0.39, 0.29) is 37.7 Å². The summed E-state index contributed by atoms with van der Waals surface area (Å²) in [6.45, 7) is 4.67. The molecule has 2 rings (SSSR count). The number of nitrogens with zero attached hydrogens (tertiary/aromatic N) is 2. The Hall–Kier alpha value is -2.00. The summed E-state index contributed by atoms with van der Waals surface area (Å²) in [4.78, 5) is 28.0. The maximum absolute atomic E-state index is 13.5. The van der Waals surface area contributed by atoms with Gasteiger partial charge in [-0.25, -0.2) is 8.42 Å². The minimum atomic E-state index is -3.60. The first-order valence-electron chi connectivity index (χ1n) is 12.2. The number of sulfonamides is 1. The molecule has 0 spiro atoms. The van der Waals surface area contributed by atoms with Crippen LogP contribution >= 0.6 is 34.8 Å². The molecular formula is C26H34Cl3N3O4S. The molecule has 0 unspecified atom stereocenters. The summed E-state index contributed by atoms with van der Waals surface area (Å²) in [7, 11) is -3.60. The fourth-order valence-electron chi connectivity index (χ4n) is 3.90. The van der Waals surface area contributed by atoms with Crippen molar-refractivity contribution in [2.24, 2.45) is 0 Å². The average molecular weight is 591 g/mol. The summed E-state index contributed by atoms with van der Waals surface area (Å²) in [5, 5.41) is 4.09. The van der Waals surface area contributed by atoms with Crippen molar-refractivity contribution in [3.05, 3.63) is 63.1 Å². The number of hydrogen-bond acceptors (Lipinski definition) is 4. The second kappa shape index (κ2) is 14.8. The Kier molecular flexibility index (Phi) is 12.5. The Morgan fingerprint density at radius 2 is 1.73 bits per heavy atom. The van der Waals surface area contributed by atoms with Gasteiger partial charge in [-0.2, -0.15) is 0 Å². The van der Waals surface area contributed by atoms with E-state index in [9.17, 15) is 18.0 Å². The number of benzene rings is 2. The highest BCUT2D eigenvalue weighted by atomic mass is 35.5. The number of nitrogens with one attached hydrogen (secondary N) is 1. The van der Waals surface area contributed by atoms with E-state index in [4.69, 9.17) is 34.8 Å². The fraction of sp³-hybridized carbons (Fsp3) is 0.462. The van der Waals surface area contributed by atoms with Gasteiger partial charge in [0.25, 0.3) is 0 Å². The van der Waals surface area contributed by atoms with Crippen LogP contribution in [-0.4, -0.2) is 50.5 Å². The molecule has 1 N–H and O–H groups in total. The number of unbranched alkanes of at least 4 members (excludes halogenated alkanes) is 1. The van der Waals surface area contributed by atoms with Gasteiger partial charge < -0.3 is 10.2 Å². The highest BCUT2D eigenvalue weighted by Gasteiger charge is 2.29. The van der Waals surface area contributed by atoms with Gasteiger partial charge in [0.15, 0.2) is 0 Å². The molecule has 0 fully saturated rings. The van der Waals surface area contributed by atoms with Crippen molar-refractivity contribution in [3.8, 4) is 0 Å². The van der Waals surface area contributed by atoms with Crippen LogP contribution in [0.4, 0.5) is 5.69 Å². The van der Waals surface area contributed by atoms with Crippen LogP contribution < -0.4 is 9.62 Å². The average Bonchev–Trinajstić information content (AvgIpc) is 2.83. The number of rotatable bonds is 14. The quantitative estimate of drug-likeness (QED) is 0.277. The minimum absolute atomic E-state index is 0.0483. The third-order valence-electron chi connectivity index (χ3n) is 5.80. The molecule has 0 aromatic heterocycles. The molecule has 0 saturated heterocycles. The first-order valence-corrected chi connectivity index (χ1v) is 15.2. The Morgan fingerprint density at radius 3 is 2.32 bits per heavy atom. The Labute approximate surface area is 235 Å². The van der Waals surface area contributed by atoms with Crippen molar-refractivity contribution in [1.82, 2.24) is 10.2 Å². The molecule has 2 amide bonds. The van der Waals surface area contributed by atoms with Crippen LogP contribution in [0.5, 0.6) is 0 Å². The molecule has 0 aliphatic carbocycles. The lowest BCUT2D eigenvalue weighted by atomic mass is 10.1. The van der Waals surface area contributed by atoms with Crippen molar-refractivity contribution in [3.63, 3.8) is 0 Å². The summed E-state index contributed by atoms with van der Waals surface area (Å²) < 4.78 is 26.1. The molecule has 11 heteroatoms. The largest absolute Gasteiger partial charge is 0.354 e. The first kappa shape index (κ1) is 31.2. The third kappa shape index (κ3) is 9.67. The van der Waals surface area contributed by atoms with E-state index in [1.165, 1.54) is 9.21 Å². The summed E-state index contributed by atoms with van der Waals surface area (Å²) in [5.41, 5.74) is 1.16. The molecule has 0 heterocycles. The maximum atomic E-state index is 13.5. The Balaban J connectivity index is 2.22. The molecular weight excluding hydrogens is 557 g/mol. The van der Waals surface area contributed by atoms with E-state index in [1.807, 2.05) is 13.8 Å². The molecule has 0 saturated carbocycles. The predicted molar refractivity (Wildman–Crippen MR) is 152 cm³/mol. The molecule has 2 aromatic carbocycles. The second-order valence-corrected chi connectivity index (χ2v) is 11.9. The first-order chi connectivity index (χ1) is 17.5. The predicted octanol–water partition coefficient (Wildman–Crippen LogP) is 5.92. The molecule has 1 atom stereocenters. The van der Waals surface area contributed by atoms with E-state index < -0.39 is 16.1 Å². The molecule has 0 bridgehead atoms. The van der Waals surface area contributed by atoms with Crippen molar-refractivity contribution < 1.29 is 18.0 Å². The van der Waals surface area contributed by atoms with Gasteiger partial charge in [-0.15, -0.1) is 0 Å². The van der Waals surface area contributed by atoms with Crippen LogP contribution in [-0.2, 0) is 26.2 Å². The summed E-state index contributed by atoms with van der Waals surface area (Å²) in [6, 6.07) is 11.0. The van der Waals surface area contributed by atoms with Gasteiger partial charge in [0.2, 0.25) is 21.8 Å². The SMILES string of the molecule is CCCCNC(=O)[C@@H](CC)N(Cc1ccc(Cl)c(Cl)c1)C(=O)CCCN(c1cccc(Cl)c1)S(C)(=O)=O. The summed E-state index contributed by atoms with van der Waals surface area (Å²) in [5.74, 6) is -0.482. The monoisotopic (exact) mass is 589 g/mol. The molecule has 7 nitrogen and oxygen atoms in total. The van der Waals surface area contributed by atoms with Crippen LogP contribution in [0.2, 0.25) is 15.1 Å². The smallest absolute Gasteiger partial charge is 0.242 e. The highest BCUT2D eigenvalue weighted by Crippen LogP contribution is 2.25. The molecule has 0 aliphatic heterocycles. The topological polar surface area (TPSA) is 86.8 Å². The number of carbonyl (C=O) groups excluding carboxylic acids is 2. The lowest BCUT2D eigenvalue weighted by molar-refractivity contribution is -0.141.